The Morgan fingerprint density at radius 3 is 2.48 bits per heavy atom. The van der Waals surface area contributed by atoms with Crippen LogP contribution in [0.5, 0.6) is 11.5 Å². The van der Waals surface area contributed by atoms with Crippen LogP contribution in [-0.4, -0.2) is 26.4 Å². The molecular weight excluding hydrogens is 310 g/mol. The Labute approximate surface area is 146 Å². The standard InChI is InChI=1S/C19H29NO2.ClH/c1-15(2)5-6-16(9-12-20-10-3-4-11-20)17-7-8-18-19(13-17)22-14-21-18;/h7-8,13,15-16H,3-6,9-12,14H2,1-2H3;1H. The fourth-order valence-corrected chi connectivity index (χ4v) is 3.68. The van der Waals surface area contributed by atoms with Crippen LogP contribution >= 0.6 is 0 Å². The highest BCUT2D eigenvalue weighted by Crippen LogP contribution is 2.36. The van der Waals surface area contributed by atoms with Gasteiger partial charge in [-0.3, -0.25) is 0 Å². The van der Waals surface area contributed by atoms with Crippen molar-refractivity contribution in [1.82, 2.24) is 0 Å². The number of fused-ring (bicyclic) bond motifs is 1. The van der Waals surface area contributed by atoms with Crippen molar-refractivity contribution in [2.75, 3.05) is 26.4 Å². The highest BCUT2D eigenvalue weighted by Gasteiger charge is 2.21. The molecule has 2 heterocycles. The number of nitrogens with one attached hydrogen (secondary N) is 1. The highest BCUT2D eigenvalue weighted by atomic mass is 35.5. The lowest BCUT2D eigenvalue weighted by Crippen LogP contribution is -3.10. The van der Waals surface area contributed by atoms with Crippen molar-refractivity contribution < 1.29 is 26.8 Å². The molecule has 1 saturated heterocycles. The average molecular weight is 340 g/mol. The lowest BCUT2D eigenvalue weighted by atomic mass is 9.88. The lowest BCUT2D eigenvalue weighted by Gasteiger charge is -2.21. The summed E-state index contributed by atoms with van der Waals surface area (Å²) >= 11 is 0. The van der Waals surface area contributed by atoms with Crippen LogP contribution in [0.25, 0.3) is 0 Å². The second-order valence-electron chi connectivity index (χ2n) is 7.28. The molecule has 1 aromatic carbocycles. The number of hydrogen-bond donors (Lipinski definition) is 1. The maximum atomic E-state index is 5.57. The van der Waals surface area contributed by atoms with Gasteiger partial charge in [-0.25, -0.2) is 0 Å². The van der Waals surface area contributed by atoms with E-state index in [9.17, 15) is 0 Å². The number of quaternary nitrogens is 1. The summed E-state index contributed by atoms with van der Waals surface area (Å²) in [7, 11) is 0. The second-order valence-corrected chi connectivity index (χ2v) is 7.28. The van der Waals surface area contributed by atoms with Crippen molar-refractivity contribution in [1.29, 1.82) is 0 Å². The first-order valence-corrected chi connectivity index (χ1v) is 8.95. The summed E-state index contributed by atoms with van der Waals surface area (Å²) in [5, 5.41) is 0. The number of likely N-dealkylation sites (tertiary alicyclic amines) is 1. The molecule has 3 rings (SSSR count). The molecule has 0 bridgehead atoms. The Bertz CT molecular complexity index is 486. The largest absolute Gasteiger partial charge is 1.00 e. The van der Waals surface area contributed by atoms with Gasteiger partial charge < -0.3 is 26.8 Å². The summed E-state index contributed by atoms with van der Waals surface area (Å²) in [4.78, 5) is 1.80. The minimum absolute atomic E-state index is 0. The molecule has 3 nitrogen and oxygen atoms in total. The first kappa shape index (κ1) is 18.4. The van der Waals surface area contributed by atoms with Crippen LogP contribution in [-0.2, 0) is 0 Å². The minimum Gasteiger partial charge on any atom is -1.00 e. The molecule has 2 aliphatic heterocycles. The van der Waals surface area contributed by atoms with Gasteiger partial charge in [0.2, 0.25) is 6.79 Å². The molecule has 4 heteroatoms. The maximum absolute atomic E-state index is 5.57. The Hall–Kier alpha value is -0.930. The third-order valence-corrected chi connectivity index (χ3v) is 5.12. The van der Waals surface area contributed by atoms with Gasteiger partial charge in [0, 0.05) is 19.3 Å². The SMILES string of the molecule is CC(C)CCC(CC[NH+]1CCCC1)c1ccc2c(c1)OCO2.[Cl-]. The zero-order valence-corrected chi connectivity index (χ0v) is 15.2. The van der Waals surface area contributed by atoms with Gasteiger partial charge >= 0.3 is 0 Å². The topological polar surface area (TPSA) is 22.9 Å². The van der Waals surface area contributed by atoms with Gasteiger partial charge in [-0.15, -0.1) is 0 Å². The zero-order chi connectivity index (χ0) is 15.4. The van der Waals surface area contributed by atoms with E-state index < -0.39 is 0 Å². The molecule has 1 fully saturated rings. The molecule has 23 heavy (non-hydrogen) atoms. The molecule has 1 unspecified atom stereocenters. The Balaban J connectivity index is 0.00000192. The molecule has 1 atom stereocenters. The summed E-state index contributed by atoms with van der Waals surface area (Å²) in [6.07, 6.45) is 6.70. The normalized spacial score (nSPS) is 18.2. The molecule has 130 valence electrons. The van der Waals surface area contributed by atoms with E-state index in [-0.39, 0.29) is 12.4 Å². The summed E-state index contributed by atoms with van der Waals surface area (Å²) in [5.41, 5.74) is 1.43. The van der Waals surface area contributed by atoms with Crippen LogP contribution < -0.4 is 26.8 Å². The lowest BCUT2D eigenvalue weighted by molar-refractivity contribution is -0.887. The van der Waals surface area contributed by atoms with Crippen LogP contribution in [0.4, 0.5) is 0 Å². The third-order valence-electron chi connectivity index (χ3n) is 5.12. The summed E-state index contributed by atoms with van der Waals surface area (Å²) in [6, 6.07) is 6.55. The minimum atomic E-state index is 0. The van der Waals surface area contributed by atoms with Gasteiger partial charge in [-0.05, 0) is 36.0 Å². The number of hydrogen-bond acceptors (Lipinski definition) is 2. The fourth-order valence-electron chi connectivity index (χ4n) is 3.68. The van der Waals surface area contributed by atoms with Crippen molar-refractivity contribution in [3.8, 4) is 11.5 Å². The van der Waals surface area contributed by atoms with Gasteiger partial charge in [0.05, 0.1) is 19.6 Å². The van der Waals surface area contributed by atoms with Crippen LogP contribution in [0.1, 0.15) is 57.4 Å². The molecule has 0 aliphatic carbocycles. The highest BCUT2D eigenvalue weighted by molar-refractivity contribution is 5.45. The number of ether oxygens (including phenoxy) is 2. The summed E-state index contributed by atoms with van der Waals surface area (Å²) in [5.74, 6) is 3.26. The van der Waals surface area contributed by atoms with E-state index >= 15 is 0 Å². The predicted molar refractivity (Wildman–Crippen MR) is 88.8 cm³/mol. The number of halogens is 1. The Morgan fingerprint density at radius 1 is 1.00 bits per heavy atom. The van der Waals surface area contributed by atoms with Crippen LogP contribution in [0.3, 0.4) is 0 Å². The van der Waals surface area contributed by atoms with E-state index in [0.717, 1.165) is 17.4 Å². The fraction of sp³-hybridized carbons (Fsp3) is 0.684. The molecule has 0 saturated carbocycles. The molecule has 1 N–H and O–H groups in total. The van der Waals surface area contributed by atoms with Crippen molar-refractivity contribution in [2.24, 2.45) is 5.92 Å². The molecule has 0 amide bonds. The van der Waals surface area contributed by atoms with E-state index in [1.165, 1.54) is 57.3 Å². The van der Waals surface area contributed by atoms with Gasteiger partial charge in [0.15, 0.2) is 11.5 Å². The third kappa shape index (κ3) is 5.02. The van der Waals surface area contributed by atoms with Crippen LogP contribution in [0.2, 0.25) is 0 Å². The van der Waals surface area contributed by atoms with Crippen LogP contribution in [0, 0.1) is 5.92 Å². The molecule has 0 aromatic heterocycles. The van der Waals surface area contributed by atoms with Crippen molar-refractivity contribution in [3.63, 3.8) is 0 Å². The second kappa shape index (κ2) is 8.79. The van der Waals surface area contributed by atoms with E-state index in [1.807, 2.05) is 0 Å². The van der Waals surface area contributed by atoms with Crippen LogP contribution in [0.15, 0.2) is 18.2 Å². The number of rotatable bonds is 7. The van der Waals surface area contributed by atoms with E-state index in [2.05, 4.69) is 32.0 Å². The van der Waals surface area contributed by atoms with Crippen molar-refractivity contribution in [3.05, 3.63) is 23.8 Å². The van der Waals surface area contributed by atoms with Gasteiger partial charge in [0.1, 0.15) is 0 Å². The first-order valence-electron chi connectivity index (χ1n) is 8.95. The summed E-state index contributed by atoms with van der Waals surface area (Å²) < 4.78 is 11.0. The Morgan fingerprint density at radius 2 is 1.74 bits per heavy atom. The maximum Gasteiger partial charge on any atom is 0.231 e. The van der Waals surface area contributed by atoms with Crippen molar-refractivity contribution in [2.45, 2.75) is 51.9 Å². The van der Waals surface area contributed by atoms with E-state index in [0.29, 0.717) is 12.7 Å². The van der Waals surface area contributed by atoms with Gasteiger partial charge in [-0.1, -0.05) is 26.3 Å². The van der Waals surface area contributed by atoms with E-state index in [1.54, 1.807) is 4.90 Å². The molecule has 2 aliphatic rings. The summed E-state index contributed by atoms with van der Waals surface area (Å²) in [6.45, 7) is 9.07. The monoisotopic (exact) mass is 339 g/mol. The van der Waals surface area contributed by atoms with Gasteiger partial charge in [-0.2, -0.15) is 0 Å². The van der Waals surface area contributed by atoms with Gasteiger partial charge in [0.25, 0.3) is 0 Å². The van der Waals surface area contributed by atoms with E-state index in [4.69, 9.17) is 9.47 Å². The van der Waals surface area contributed by atoms with Crippen molar-refractivity contribution >= 4 is 0 Å². The Kier molecular flexibility index (Phi) is 7.04. The molecular formula is C19H30ClNO2. The smallest absolute Gasteiger partial charge is 0.231 e. The molecule has 0 radical (unpaired) electrons. The molecule has 0 spiro atoms. The average Bonchev–Trinajstić information content (AvgIpc) is 3.17. The first-order chi connectivity index (χ1) is 10.7. The number of benzene rings is 1. The predicted octanol–water partition coefficient (Wildman–Crippen LogP) is 0.00790. The quantitative estimate of drug-likeness (QED) is 0.756. The zero-order valence-electron chi connectivity index (χ0n) is 14.4. The molecule has 1 aromatic rings.